The Morgan fingerprint density at radius 2 is 2.26 bits per heavy atom. The molecule has 0 aromatic carbocycles. The third-order valence-electron chi connectivity index (χ3n) is 2.87. The molecule has 1 unspecified atom stereocenters. The van der Waals surface area contributed by atoms with Gasteiger partial charge in [0, 0.05) is 24.1 Å². The highest BCUT2D eigenvalue weighted by molar-refractivity contribution is 8.00. The van der Waals surface area contributed by atoms with Gasteiger partial charge < -0.3 is 15.4 Å². The molecule has 0 bridgehead atoms. The van der Waals surface area contributed by atoms with Crippen LogP contribution in [0.25, 0.3) is 0 Å². The van der Waals surface area contributed by atoms with Crippen molar-refractivity contribution < 1.29 is 4.74 Å². The lowest BCUT2D eigenvalue weighted by Gasteiger charge is -2.32. The Balaban J connectivity index is 2.35. The molecule has 0 saturated carbocycles. The molecule has 1 saturated heterocycles. The zero-order valence-electron chi connectivity index (χ0n) is 11.5. The van der Waals surface area contributed by atoms with E-state index in [0.29, 0.717) is 21.6 Å². The van der Waals surface area contributed by atoms with Crippen LogP contribution in [0.1, 0.15) is 25.6 Å². The summed E-state index contributed by atoms with van der Waals surface area (Å²) in [6, 6.07) is 2.16. The van der Waals surface area contributed by atoms with E-state index < -0.39 is 0 Å². The van der Waals surface area contributed by atoms with Crippen LogP contribution >= 0.6 is 23.1 Å². The van der Waals surface area contributed by atoms with Gasteiger partial charge in [0.25, 0.3) is 0 Å². The van der Waals surface area contributed by atoms with Gasteiger partial charge >= 0.3 is 0 Å². The van der Waals surface area contributed by atoms with Crippen LogP contribution < -0.4 is 15.4 Å². The van der Waals surface area contributed by atoms with Crippen molar-refractivity contribution >= 4 is 33.8 Å². The normalized spacial score (nSPS) is 19.5. The van der Waals surface area contributed by atoms with Gasteiger partial charge in [0.15, 0.2) is 5.75 Å². The first kappa shape index (κ1) is 14.4. The summed E-state index contributed by atoms with van der Waals surface area (Å²) in [7, 11) is 0. The van der Waals surface area contributed by atoms with Crippen molar-refractivity contribution in [2.75, 3.05) is 29.5 Å². The number of rotatable bonds is 3. The molecule has 104 valence electrons. The Hall–Kier alpha value is -1.06. The van der Waals surface area contributed by atoms with E-state index in [0.717, 1.165) is 23.8 Å². The third-order valence-corrected chi connectivity index (χ3v) is 5.15. The van der Waals surface area contributed by atoms with Crippen LogP contribution in [0.3, 0.4) is 0 Å². The van der Waals surface area contributed by atoms with Gasteiger partial charge in [-0.1, -0.05) is 6.92 Å². The van der Waals surface area contributed by atoms with Crippen LogP contribution in [0.4, 0.5) is 10.7 Å². The molecule has 1 aromatic rings. The van der Waals surface area contributed by atoms with Crippen LogP contribution in [0.5, 0.6) is 5.75 Å². The second-order valence-electron chi connectivity index (χ2n) is 4.88. The van der Waals surface area contributed by atoms with Crippen molar-refractivity contribution in [2.24, 2.45) is 0 Å². The smallest absolute Gasteiger partial charge is 0.178 e. The average Bonchev–Trinajstić information content (AvgIpc) is 2.66. The molecule has 2 rings (SSSR count). The molecule has 4 nitrogen and oxygen atoms in total. The summed E-state index contributed by atoms with van der Waals surface area (Å²) in [6.45, 7) is 8.13. The maximum absolute atomic E-state index is 9.14. The molecule has 2 heterocycles. The van der Waals surface area contributed by atoms with Gasteiger partial charge in [0.1, 0.15) is 21.6 Å². The van der Waals surface area contributed by atoms with E-state index in [1.54, 1.807) is 0 Å². The summed E-state index contributed by atoms with van der Waals surface area (Å²) in [5, 5.41) is 10.7. The number of anilines is 2. The van der Waals surface area contributed by atoms with Crippen LogP contribution in [0.15, 0.2) is 0 Å². The number of nitrogens with two attached hydrogens (primary N) is 1. The summed E-state index contributed by atoms with van der Waals surface area (Å²) in [5.74, 6) is 1.79. The minimum absolute atomic E-state index is 0.0544. The van der Waals surface area contributed by atoms with Crippen LogP contribution in [0.2, 0.25) is 0 Å². The minimum atomic E-state index is 0.0544. The third kappa shape index (κ3) is 3.10. The Morgan fingerprint density at radius 1 is 1.53 bits per heavy atom. The molecule has 1 aromatic heterocycles. The first-order chi connectivity index (χ1) is 9.02. The Bertz CT molecular complexity index is 493. The van der Waals surface area contributed by atoms with Crippen molar-refractivity contribution in [3.05, 3.63) is 4.88 Å². The molecule has 6 heteroatoms. The van der Waals surface area contributed by atoms with Crippen molar-refractivity contribution in [2.45, 2.75) is 32.1 Å². The van der Waals surface area contributed by atoms with E-state index in [-0.39, 0.29) is 6.10 Å². The fourth-order valence-electron chi connectivity index (χ4n) is 2.06. The van der Waals surface area contributed by atoms with Crippen molar-refractivity contribution in [1.29, 1.82) is 5.26 Å². The van der Waals surface area contributed by atoms with Crippen LogP contribution in [-0.4, -0.2) is 30.2 Å². The molecular formula is C13H19N3OS2. The number of thioether (sulfide) groups is 1. The summed E-state index contributed by atoms with van der Waals surface area (Å²) in [6.07, 6.45) is 0.0544. The van der Waals surface area contributed by atoms with Gasteiger partial charge in [-0.2, -0.15) is 17.0 Å². The number of nitrogen functional groups attached to an aromatic ring is 1. The number of hydrogen-bond donors (Lipinski definition) is 1. The number of hydrogen-bond acceptors (Lipinski definition) is 6. The average molecular weight is 297 g/mol. The van der Waals surface area contributed by atoms with Gasteiger partial charge in [-0.05, 0) is 13.8 Å². The maximum atomic E-state index is 9.14. The molecule has 0 spiro atoms. The lowest BCUT2D eigenvalue weighted by Crippen LogP contribution is -2.36. The summed E-state index contributed by atoms with van der Waals surface area (Å²) < 4.78 is 5.83. The van der Waals surface area contributed by atoms with E-state index >= 15 is 0 Å². The first-order valence-electron chi connectivity index (χ1n) is 6.38. The van der Waals surface area contributed by atoms with E-state index in [9.17, 15) is 0 Å². The number of thiophene rings is 1. The molecule has 1 aliphatic rings. The monoisotopic (exact) mass is 297 g/mol. The topological polar surface area (TPSA) is 62.3 Å². The lowest BCUT2D eigenvalue weighted by atomic mass is 10.3. The molecule has 0 aliphatic carbocycles. The fourth-order valence-corrected chi connectivity index (χ4v) is 4.06. The summed E-state index contributed by atoms with van der Waals surface area (Å²) in [5.41, 5.74) is 6.52. The van der Waals surface area contributed by atoms with Crippen LogP contribution in [0, 0.1) is 11.3 Å². The predicted octanol–water partition coefficient (Wildman–Crippen LogP) is 2.93. The Labute approximate surface area is 122 Å². The Morgan fingerprint density at radius 3 is 2.84 bits per heavy atom. The van der Waals surface area contributed by atoms with Gasteiger partial charge in [0.05, 0.1) is 6.10 Å². The molecular weight excluding hydrogens is 278 g/mol. The highest BCUT2D eigenvalue weighted by Gasteiger charge is 2.26. The zero-order chi connectivity index (χ0) is 14.0. The van der Waals surface area contributed by atoms with Crippen molar-refractivity contribution in [1.82, 2.24) is 0 Å². The van der Waals surface area contributed by atoms with E-state index in [2.05, 4.69) is 17.9 Å². The van der Waals surface area contributed by atoms with Crippen molar-refractivity contribution in [3.63, 3.8) is 0 Å². The highest BCUT2D eigenvalue weighted by Crippen LogP contribution is 2.46. The quantitative estimate of drug-likeness (QED) is 0.929. The number of nitrogens with zero attached hydrogens (tertiary/aromatic N) is 2. The van der Waals surface area contributed by atoms with Crippen LogP contribution in [-0.2, 0) is 0 Å². The van der Waals surface area contributed by atoms with E-state index in [1.807, 2.05) is 25.6 Å². The molecule has 1 aliphatic heterocycles. The highest BCUT2D eigenvalue weighted by atomic mass is 32.2. The fraction of sp³-hybridized carbons (Fsp3) is 0.615. The second-order valence-corrected chi connectivity index (χ2v) is 7.43. The van der Waals surface area contributed by atoms with E-state index in [1.165, 1.54) is 11.3 Å². The second kappa shape index (κ2) is 5.93. The van der Waals surface area contributed by atoms with E-state index in [4.69, 9.17) is 15.7 Å². The molecule has 1 fully saturated rings. The van der Waals surface area contributed by atoms with Gasteiger partial charge in [-0.15, -0.1) is 11.3 Å². The molecule has 19 heavy (non-hydrogen) atoms. The maximum Gasteiger partial charge on any atom is 0.178 e. The first-order valence-corrected chi connectivity index (χ1v) is 8.25. The molecule has 2 N–H and O–H groups in total. The lowest BCUT2D eigenvalue weighted by molar-refractivity contribution is 0.245. The van der Waals surface area contributed by atoms with Crippen molar-refractivity contribution in [3.8, 4) is 11.8 Å². The molecule has 0 radical (unpaired) electrons. The SMILES string of the molecule is CC(C)Oc1c(N2CCSC(C)C2)sc(C#N)c1N. The summed E-state index contributed by atoms with van der Waals surface area (Å²) >= 11 is 3.42. The van der Waals surface area contributed by atoms with Gasteiger partial charge in [-0.3, -0.25) is 0 Å². The predicted molar refractivity (Wildman–Crippen MR) is 83.3 cm³/mol. The molecule has 0 amide bonds. The number of nitriles is 1. The number of ether oxygens (including phenoxy) is 1. The Kier molecular flexibility index (Phi) is 4.48. The van der Waals surface area contributed by atoms with Gasteiger partial charge in [0.2, 0.25) is 0 Å². The zero-order valence-corrected chi connectivity index (χ0v) is 13.1. The standard InChI is InChI=1S/C13H19N3OS2/c1-8(2)17-12-11(15)10(6-14)19-13(12)16-4-5-18-9(3)7-16/h8-9H,4-5,7,15H2,1-3H3. The molecule has 1 atom stereocenters. The van der Waals surface area contributed by atoms with Gasteiger partial charge in [-0.25, -0.2) is 0 Å². The minimum Gasteiger partial charge on any atom is -0.486 e. The largest absolute Gasteiger partial charge is 0.486 e. The summed E-state index contributed by atoms with van der Waals surface area (Å²) in [4.78, 5) is 2.84.